The lowest BCUT2D eigenvalue weighted by atomic mass is 10.1. The molecule has 0 bridgehead atoms. The Labute approximate surface area is 70.8 Å². The number of alkyl halides is 1. The van der Waals surface area contributed by atoms with Gasteiger partial charge in [-0.05, 0) is 19.3 Å². The van der Waals surface area contributed by atoms with E-state index in [4.69, 9.17) is 5.73 Å². The molecule has 9 heavy (non-hydrogen) atoms. The zero-order chi connectivity index (χ0) is 7.28. The summed E-state index contributed by atoms with van der Waals surface area (Å²) in [6, 6.07) is 0. The van der Waals surface area contributed by atoms with E-state index in [1.165, 1.54) is 0 Å². The Morgan fingerprint density at radius 1 is 1.67 bits per heavy atom. The number of rotatable bonds is 3. The second-order valence-electron chi connectivity index (χ2n) is 2.23. The highest BCUT2D eigenvalue weighted by molar-refractivity contribution is 14.1. The maximum atomic E-state index is 5.63. The summed E-state index contributed by atoms with van der Waals surface area (Å²) >= 11 is 2.25. The van der Waals surface area contributed by atoms with Crippen molar-refractivity contribution in [2.45, 2.75) is 24.3 Å². The molecule has 0 aliphatic rings. The first-order chi connectivity index (χ1) is 4.18. The van der Waals surface area contributed by atoms with E-state index in [2.05, 4.69) is 41.7 Å². The lowest BCUT2D eigenvalue weighted by molar-refractivity contribution is 0.588. The third kappa shape index (κ3) is 4.90. The van der Waals surface area contributed by atoms with Crippen LogP contribution in [-0.4, -0.2) is 4.05 Å². The summed E-state index contributed by atoms with van der Waals surface area (Å²) in [6.07, 6.45) is 5.32. The van der Waals surface area contributed by atoms with Crippen molar-refractivity contribution in [1.82, 2.24) is 0 Å². The largest absolute Gasteiger partial charge is 0.319 e. The molecule has 2 unspecified atom stereocenters. The van der Waals surface area contributed by atoms with Crippen LogP contribution < -0.4 is 5.73 Å². The zero-order valence-electron chi connectivity index (χ0n) is 5.97. The van der Waals surface area contributed by atoms with E-state index in [1.54, 1.807) is 0 Å². The molecule has 0 spiro atoms. The fraction of sp³-hybridized carbons (Fsp3) is 0.714. The normalized spacial score (nSPS) is 18.2. The Morgan fingerprint density at radius 2 is 2.22 bits per heavy atom. The number of hydrogen-bond donors (Lipinski definition) is 1. The zero-order valence-corrected chi connectivity index (χ0v) is 8.13. The Bertz CT molecular complexity index is 88.9. The van der Waals surface area contributed by atoms with Crippen molar-refractivity contribution >= 4 is 22.6 Å². The van der Waals surface area contributed by atoms with Gasteiger partial charge in [0, 0.05) is 0 Å². The van der Waals surface area contributed by atoms with Gasteiger partial charge in [0.05, 0.1) is 4.05 Å². The van der Waals surface area contributed by atoms with Crippen LogP contribution in [0.1, 0.15) is 20.3 Å². The van der Waals surface area contributed by atoms with E-state index >= 15 is 0 Å². The van der Waals surface area contributed by atoms with Gasteiger partial charge < -0.3 is 5.73 Å². The fourth-order valence-electron chi connectivity index (χ4n) is 0.481. The minimum atomic E-state index is 0.291. The molecule has 0 radical (unpaired) electrons. The molecular formula is C7H14IN. The first kappa shape index (κ1) is 9.43. The molecule has 54 valence electrons. The molecule has 0 amide bonds. The highest BCUT2D eigenvalue weighted by Gasteiger charge is 2.04. The standard InChI is InChI=1S/C7H14IN/c1-3-4-5-6(2)7(8)9/h3-4,6-7H,5,9H2,1-2H3/b4-3-. The first-order valence-electron chi connectivity index (χ1n) is 3.19. The van der Waals surface area contributed by atoms with Gasteiger partial charge >= 0.3 is 0 Å². The summed E-state index contributed by atoms with van der Waals surface area (Å²) in [6.45, 7) is 4.20. The summed E-state index contributed by atoms with van der Waals surface area (Å²) < 4.78 is 0.291. The molecule has 0 rings (SSSR count). The molecule has 2 atom stereocenters. The molecule has 0 saturated carbocycles. The van der Waals surface area contributed by atoms with Gasteiger partial charge in [0.25, 0.3) is 0 Å². The SMILES string of the molecule is C/C=C\CC(C)C(N)I. The summed E-state index contributed by atoms with van der Waals surface area (Å²) in [5.41, 5.74) is 5.63. The maximum Gasteiger partial charge on any atom is 0.0597 e. The second kappa shape index (κ2) is 5.23. The number of hydrogen-bond acceptors (Lipinski definition) is 1. The third-order valence-corrected chi connectivity index (χ3v) is 2.51. The number of halogens is 1. The molecule has 0 aliphatic carbocycles. The van der Waals surface area contributed by atoms with Crippen LogP contribution in [0.3, 0.4) is 0 Å². The molecule has 0 aromatic carbocycles. The van der Waals surface area contributed by atoms with Gasteiger partial charge in [-0.3, -0.25) is 0 Å². The quantitative estimate of drug-likeness (QED) is 0.348. The molecule has 0 aromatic heterocycles. The van der Waals surface area contributed by atoms with Crippen molar-refractivity contribution in [3.8, 4) is 0 Å². The van der Waals surface area contributed by atoms with Gasteiger partial charge in [0.15, 0.2) is 0 Å². The predicted octanol–water partition coefficient (Wildman–Crippen LogP) is 2.31. The van der Waals surface area contributed by atoms with Gasteiger partial charge in [-0.1, -0.05) is 41.7 Å². The second-order valence-corrected chi connectivity index (χ2v) is 3.66. The summed E-state index contributed by atoms with van der Waals surface area (Å²) in [4.78, 5) is 0. The van der Waals surface area contributed by atoms with Crippen LogP contribution in [-0.2, 0) is 0 Å². The first-order valence-corrected chi connectivity index (χ1v) is 4.44. The Hall–Kier alpha value is 0.430. The molecule has 0 aliphatic heterocycles. The van der Waals surface area contributed by atoms with Crippen LogP contribution in [0.2, 0.25) is 0 Å². The Morgan fingerprint density at radius 3 is 2.56 bits per heavy atom. The van der Waals surface area contributed by atoms with E-state index in [0.29, 0.717) is 9.97 Å². The molecule has 2 N–H and O–H groups in total. The molecule has 0 aromatic rings. The van der Waals surface area contributed by atoms with Gasteiger partial charge in [-0.15, -0.1) is 0 Å². The van der Waals surface area contributed by atoms with Crippen molar-refractivity contribution in [3.05, 3.63) is 12.2 Å². The molecule has 0 fully saturated rings. The van der Waals surface area contributed by atoms with Crippen LogP contribution in [0, 0.1) is 5.92 Å². The number of allylic oxidation sites excluding steroid dienone is 2. The molecule has 0 saturated heterocycles. The lowest BCUT2D eigenvalue weighted by Gasteiger charge is -2.10. The van der Waals surface area contributed by atoms with Gasteiger partial charge in [-0.2, -0.15) is 0 Å². The predicted molar refractivity (Wildman–Crippen MR) is 50.6 cm³/mol. The minimum absolute atomic E-state index is 0.291. The summed E-state index contributed by atoms with van der Waals surface area (Å²) in [5.74, 6) is 0.599. The van der Waals surface area contributed by atoms with Crippen LogP contribution in [0.25, 0.3) is 0 Å². The third-order valence-electron chi connectivity index (χ3n) is 1.29. The van der Waals surface area contributed by atoms with E-state index in [0.717, 1.165) is 6.42 Å². The van der Waals surface area contributed by atoms with Crippen LogP contribution in [0.5, 0.6) is 0 Å². The van der Waals surface area contributed by atoms with E-state index in [1.807, 2.05) is 6.92 Å². The lowest BCUT2D eigenvalue weighted by Crippen LogP contribution is -2.19. The summed E-state index contributed by atoms with van der Waals surface area (Å²) in [7, 11) is 0. The van der Waals surface area contributed by atoms with Crippen LogP contribution >= 0.6 is 22.6 Å². The van der Waals surface area contributed by atoms with Gasteiger partial charge in [0.1, 0.15) is 0 Å². The van der Waals surface area contributed by atoms with Crippen molar-refractivity contribution in [2.75, 3.05) is 0 Å². The average Bonchev–Trinajstić information content (AvgIpc) is 1.82. The highest BCUT2D eigenvalue weighted by atomic mass is 127. The fourth-order valence-corrected chi connectivity index (χ4v) is 0.774. The molecule has 0 heterocycles. The van der Waals surface area contributed by atoms with Crippen molar-refractivity contribution in [3.63, 3.8) is 0 Å². The maximum absolute atomic E-state index is 5.63. The average molecular weight is 239 g/mol. The van der Waals surface area contributed by atoms with Crippen molar-refractivity contribution in [1.29, 1.82) is 0 Å². The smallest absolute Gasteiger partial charge is 0.0597 e. The highest BCUT2D eigenvalue weighted by Crippen LogP contribution is 2.11. The van der Waals surface area contributed by atoms with Crippen molar-refractivity contribution < 1.29 is 0 Å². The molecule has 1 nitrogen and oxygen atoms in total. The van der Waals surface area contributed by atoms with Gasteiger partial charge in [-0.25, -0.2) is 0 Å². The minimum Gasteiger partial charge on any atom is -0.319 e. The monoisotopic (exact) mass is 239 g/mol. The van der Waals surface area contributed by atoms with E-state index in [-0.39, 0.29) is 0 Å². The molecular weight excluding hydrogens is 225 g/mol. The van der Waals surface area contributed by atoms with Crippen molar-refractivity contribution in [2.24, 2.45) is 11.7 Å². The summed E-state index contributed by atoms with van der Waals surface area (Å²) in [5, 5.41) is 0. The van der Waals surface area contributed by atoms with Gasteiger partial charge in [0.2, 0.25) is 0 Å². The topological polar surface area (TPSA) is 26.0 Å². The molecule has 2 heteroatoms. The Balaban J connectivity index is 3.38. The van der Waals surface area contributed by atoms with Crippen LogP contribution in [0.4, 0.5) is 0 Å². The Kier molecular flexibility index (Phi) is 5.48. The van der Waals surface area contributed by atoms with Crippen LogP contribution in [0.15, 0.2) is 12.2 Å². The number of nitrogens with two attached hydrogens (primary N) is 1. The van der Waals surface area contributed by atoms with E-state index < -0.39 is 0 Å². The van der Waals surface area contributed by atoms with E-state index in [9.17, 15) is 0 Å².